The van der Waals surface area contributed by atoms with E-state index < -0.39 is 0 Å². The molecule has 21 heavy (non-hydrogen) atoms. The SMILES string of the molecule is Cc1nc(NC(=O)COc2ccc(C(N)=S)cc2)sc1C. The quantitative estimate of drug-likeness (QED) is 0.827. The summed E-state index contributed by atoms with van der Waals surface area (Å²) in [4.78, 5) is 17.4. The molecule has 0 saturated carbocycles. The van der Waals surface area contributed by atoms with E-state index in [2.05, 4.69) is 10.3 Å². The zero-order valence-electron chi connectivity index (χ0n) is 11.7. The van der Waals surface area contributed by atoms with Gasteiger partial charge in [0.2, 0.25) is 0 Å². The topological polar surface area (TPSA) is 77.2 Å². The number of hydrogen-bond acceptors (Lipinski definition) is 5. The van der Waals surface area contributed by atoms with Crippen molar-refractivity contribution in [3.05, 3.63) is 40.4 Å². The number of nitrogens with zero attached hydrogens (tertiary/aromatic N) is 1. The first kappa shape index (κ1) is 15.4. The fourth-order valence-electron chi connectivity index (χ4n) is 1.55. The molecule has 0 radical (unpaired) electrons. The zero-order valence-corrected chi connectivity index (χ0v) is 13.3. The molecule has 1 heterocycles. The van der Waals surface area contributed by atoms with Gasteiger partial charge in [0.15, 0.2) is 11.7 Å². The van der Waals surface area contributed by atoms with Gasteiger partial charge in [-0.15, -0.1) is 11.3 Å². The van der Waals surface area contributed by atoms with E-state index >= 15 is 0 Å². The second-order valence-corrected chi connectivity index (χ2v) is 6.03. The van der Waals surface area contributed by atoms with Gasteiger partial charge in [-0.2, -0.15) is 0 Å². The van der Waals surface area contributed by atoms with Gasteiger partial charge in [0.1, 0.15) is 10.7 Å². The Balaban J connectivity index is 1.87. The van der Waals surface area contributed by atoms with Gasteiger partial charge in [-0.05, 0) is 38.1 Å². The van der Waals surface area contributed by atoms with Crippen LogP contribution >= 0.6 is 23.6 Å². The number of carbonyl (C=O) groups is 1. The summed E-state index contributed by atoms with van der Waals surface area (Å²) < 4.78 is 5.39. The molecule has 0 atom stereocenters. The van der Waals surface area contributed by atoms with Crippen molar-refractivity contribution >= 4 is 39.6 Å². The number of aromatic nitrogens is 1. The van der Waals surface area contributed by atoms with E-state index in [1.54, 1.807) is 24.3 Å². The molecule has 3 N–H and O–H groups in total. The summed E-state index contributed by atoms with van der Waals surface area (Å²) in [6.07, 6.45) is 0. The first-order valence-electron chi connectivity index (χ1n) is 6.22. The van der Waals surface area contributed by atoms with E-state index in [-0.39, 0.29) is 12.5 Å². The van der Waals surface area contributed by atoms with Gasteiger partial charge < -0.3 is 10.5 Å². The van der Waals surface area contributed by atoms with Crippen LogP contribution in [0.15, 0.2) is 24.3 Å². The van der Waals surface area contributed by atoms with E-state index in [0.29, 0.717) is 15.9 Å². The third-order valence-corrected chi connectivity index (χ3v) is 4.01. The summed E-state index contributed by atoms with van der Waals surface area (Å²) in [5.74, 6) is 0.332. The van der Waals surface area contributed by atoms with Gasteiger partial charge in [0.05, 0.1) is 5.69 Å². The van der Waals surface area contributed by atoms with Crippen LogP contribution in [0.25, 0.3) is 0 Å². The molecule has 2 rings (SSSR count). The number of nitrogens with one attached hydrogen (secondary N) is 1. The summed E-state index contributed by atoms with van der Waals surface area (Å²) in [6.45, 7) is 3.79. The molecule has 0 bridgehead atoms. The molecule has 5 nitrogen and oxygen atoms in total. The molecule has 0 aliphatic rings. The minimum atomic E-state index is -0.248. The monoisotopic (exact) mass is 321 g/mol. The molecule has 1 aromatic carbocycles. The molecule has 0 aliphatic carbocycles. The number of hydrogen-bond donors (Lipinski definition) is 2. The average molecular weight is 321 g/mol. The Labute approximate surface area is 132 Å². The number of carbonyl (C=O) groups excluding carboxylic acids is 1. The van der Waals surface area contributed by atoms with Crippen LogP contribution in [0.4, 0.5) is 5.13 Å². The van der Waals surface area contributed by atoms with E-state index in [0.717, 1.165) is 16.1 Å². The highest BCUT2D eigenvalue weighted by Gasteiger charge is 2.08. The summed E-state index contributed by atoms with van der Waals surface area (Å²) in [7, 11) is 0. The zero-order chi connectivity index (χ0) is 15.4. The van der Waals surface area contributed by atoms with Gasteiger partial charge in [-0.1, -0.05) is 12.2 Å². The number of thiocarbonyl (C=S) groups is 1. The fourth-order valence-corrected chi connectivity index (χ4v) is 2.51. The molecule has 1 amide bonds. The standard InChI is InChI=1S/C14H15N3O2S2/c1-8-9(2)21-14(16-8)17-12(18)7-19-11-5-3-10(4-6-11)13(15)20/h3-6H,7H2,1-2H3,(H2,15,20)(H,16,17,18). The lowest BCUT2D eigenvalue weighted by Crippen LogP contribution is -2.20. The summed E-state index contributed by atoms with van der Waals surface area (Å²) in [5.41, 5.74) is 7.19. The number of thiazole rings is 1. The van der Waals surface area contributed by atoms with Crippen LogP contribution in [0.2, 0.25) is 0 Å². The van der Waals surface area contributed by atoms with Crippen molar-refractivity contribution in [1.29, 1.82) is 0 Å². The first-order chi connectivity index (χ1) is 9.95. The van der Waals surface area contributed by atoms with Gasteiger partial charge in [0.25, 0.3) is 5.91 Å². The normalized spacial score (nSPS) is 10.2. The van der Waals surface area contributed by atoms with Crippen molar-refractivity contribution in [2.24, 2.45) is 5.73 Å². The molecule has 110 valence electrons. The van der Waals surface area contributed by atoms with Crippen molar-refractivity contribution < 1.29 is 9.53 Å². The Morgan fingerprint density at radius 1 is 1.38 bits per heavy atom. The lowest BCUT2D eigenvalue weighted by atomic mass is 10.2. The number of amides is 1. The third kappa shape index (κ3) is 4.24. The highest BCUT2D eigenvalue weighted by atomic mass is 32.1. The molecule has 7 heteroatoms. The molecular formula is C14H15N3O2S2. The van der Waals surface area contributed by atoms with Crippen LogP contribution in [0.5, 0.6) is 5.75 Å². The summed E-state index contributed by atoms with van der Waals surface area (Å²) in [5, 5.41) is 3.29. The fraction of sp³-hybridized carbons (Fsp3) is 0.214. The maximum atomic E-state index is 11.8. The Morgan fingerprint density at radius 2 is 2.05 bits per heavy atom. The maximum absolute atomic E-state index is 11.8. The largest absolute Gasteiger partial charge is 0.484 e. The third-order valence-electron chi connectivity index (χ3n) is 2.78. The van der Waals surface area contributed by atoms with Crippen molar-refractivity contribution in [1.82, 2.24) is 4.98 Å². The summed E-state index contributed by atoms with van der Waals surface area (Å²) in [6, 6.07) is 6.95. The Bertz CT molecular complexity index is 646. The van der Waals surface area contributed by atoms with E-state index in [1.807, 2.05) is 13.8 Å². The number of aryl methyl sites for hydroxylation is 2. The molecule has 1 aromatic heterocycles. The smallest absolute Gasteiger partial charge is 0.264 e. The van der Waals surface area contributed by atoms with Crippen molar-refractivity contribution in [3.8, 4) is 5.75 Å². The summed E-state index contributed by atoms with van der Waals surface area (Å²) >= 11 is 6.31. The molecule has 0 aliphatic heterocycles. The minimum Gasteiger partial charge on any atom is -0.484 e. The number of anilines is 1. The van der Waals surface area contributed by atoms with Crippen molar-refractivity contribution in [2.45, 2.75) is 13.8 Å². The highest BCUT2D eigenvalue weighted by Crippen LogP contribution is 2.21. The predicted molar refractivity (Wildman–Crippen MR) is 88.0 cm³/mol. The maximum Gasteiger partial charge on any atom is 0.264 e. The molecule has 0 fully saturated rings. The lowest BCUT2D eigenvalue weighted by Gasteiger charge is -2.06. The van der Waals surface area contributed by atoms with Crippen LogP contribution in [-0.4, -0.2) is 22.5 Å². The highest BCUT2D eigenvalue weighted by molar-refractivity contribution is 7.80. The van der Waals surface area contributed by atoms with Gasteiger partial charge in [-0.3, -0.25) is 10.1 Å². The number of benzene rings is 1. The lowest BCUT2D eigenvalue weighted by molar-refractivity contribution is -0.118. The second kappa shape index (κ2) is 6.64. The molecular weight excluding hydrogens is 306 g/mol. The second-order valence-electron chi connectivity index (χ2n) is 4.39. The number of ether oxygens (including phenoxy) is 1. The average Bonchev–Trinajstić information content (AvgIpc) is 2.75. The van der Waals surface area contributed by atoms with Crippen LogP contribution < -0.4 is 15.8 Å². The van der Waals surface area contributed by atoms with Crippen molar-refractivity contribution in [3.63, 3.8) is 0 Å². The Hall–Kier alpha value is -1.99. The van der Waals surface area contributed by atoms with Crippen LogP contribution in [0.1, 0.15) is 16.1 Å². The molecule has 0 saturated heterocycles. The van der Waals surface area contributed by atoms with Crippen LogP contribution in [-0.2, 0) is 4.79 Å². The van der Waals surface area contributed by atoms with Gasteiger partial charge >= 0.3 is 0 Å². The minimum absolute atomic E-state index is 0.0793. The van der Waals surface area contributed by atoms with E-state index in [4.69, 9.17) is 22.7 Å². The van der Waals surface area contributed by atoms with E-state index in [9.17, 15) is 4.79 Å². The van der Waals surface area contributed by atoms with Gasteiger partial charge in [0, 0.05) is 10.4 Å². The van der Waals surface area contributed by atoms with Crippen LogP contribution in [0, 0.1) is 13.8 Å². The molecule has 0 unspecified atom stereocenters. The Kier molecular flexibility index (Phi) is 4.87. The van der Waals surface area contributed by atoms with Crippen LogP contribution in [0.3, 0.4) is 0 Å². The first-order valence-corrected chi connectivity index (χ1v) is 7.44. The molecule has 2 aromatic rings. The van der Waals surface area contributed by atoms with Gasteiger partial charge in [-0.25, -0.2) is 4.98 Å². The molecule has 0 spiro atoms. The van der Waals surface area contributed by atoms with Crippen molar-refractivity contribution in [2.75, 3.05) is 11.9 Å². The number of rotatable bonds is 5. The number of nitrogens with two attached hydrogens (primary N) is 1. The Morgan fingerprint density at radius 3 is 2.57 bits per heavy atom. The predicted octanol–water partition coefficient (Wildman–Crippen LogP) is 2.41. The van der Waals surface area contributed by atoms with E-state index in [1.165, 1.54) is 11.3 Å².